The second-order valence-corrected chi connectivity index (χ2v) is 8.79. The van der Waals surface area contributed by atoms with E-state index in [2.05, 4.69) is 22.4 Å². The predicted molar refractivity (Wildman–Crippen MR) is 124 cm³/mol. The summed E-state index contributed by atoms with van der Waals surface area (Å²) in [5.74, 6) is -0.424. The number of likely N-dealkylation sites (tertiary alicyclic amines) is 1. The molecule has 0 saturated carbocycles. The van der Waals surface area contributed by atoms with E-state index in [1.165, 1.54) is 17.7 Å². The Labute approximate surface area is 191 Å². The third-order valence-corrected chi connectivity index (χ3v) is 6.50. The fourth-order valence-electron chi connectivity index (χ4n) is 4.66. The molecule has 2 aromatic carbocycles. The van der Waals surface area contributed by atoms with Gasteiger partial charge in [0.25, 0.3) is 6.43 Å². The molecule has 0 radical (unpaired) electrons. The molecule has 1 amide bonds. The number of fused-ring (bicyclic) bond motifs is 1. The van der Waals surface area contributed by atoms with Crippen molar-refractivity contribution in [3.05, 3.63) is 70.7 Å². The average molecular weight is 456 g/mol. The van der Waals surface area contributed by atoms with Gasteiger partial charge in [-0.2, -0.15) is 0 Å². The van der Waals surface area contributed by atoms with Crippen molar-refractivity contribution in [2.75, 3.05) is 18.4 Å². The van der Waals surface area contributed by atoms with Crippen LogP contribution in [0.15, 0.2) is 42.5 Å². The Balaban J connectivity index is 1.64. The summed E-state index contributed by atoms with van der Waals surface area (Å²) in [7, 11) is 0. The Morgan fingerprint density at radius 2 is 1.82 bits per heavy atom. The number of alkyl halides is 2. The largest absolute Gasteiger partial charge is 0.378 e. The van der Waals surface area contributed by atoms with Gasteiger partial charge in [0.05, 0.1) is 17.1 Å². The number of aryl methyl sites for hydroxylation is 1. The molecule has 1 aliphatic rings. The summed E-state index contributed by atoms with van der Waals surface area (Å²) in [6.45, 7) is 6.73. The van der Waals surface area contributed by atoms with Crippen molar-refractivity contribution in [1.29, 1.82) is 0 Å². The molecule has 2 heterocycles. The fraction of sp³-hybridized carbons (Fsp3) is 0.385. The molecule has 1 fully saturated rings. The molecular formula is C26H28F3N3O. The van der Waals surface area contributed by atoms with Gasteiger partial charge in [0.2, 0.25) is 5.91 Å². The second kappa shape index (κ2) is 9.41. The Kier molecular flexibility index (Phi) is 6.58. The summed E-state index contributed by atoms with van der Waals surface area (Å²) in [4.78, 5) is 18.1. The molecule has 0 spiro atoms. The van der Waals surface area contributed by atoms with Crippen LogP contribution in [0, 0.1) is 12.7 Å². The van der Waals surface area contributed by atoms with Crippen molar-refractivity contribution >= 4 is 22.5 Å². The number of nitrogens with one attached hydrogen (secondary N) is 1. The maximum Gasteiger partial charge on any atom is 0.266 e. The number of amides is 1. The number of pyridine rings is 1. The molecule has 0 bridgehead atoms. The summed E-state index contributed by atoms with van der Waals surface area (Å²) >= 11 is 0. The average Bonchev–Trinajstić information content (AvgIpc) is 2.78. The Bertz CT molecular complexity index is 1170. The van der Waals surface area contributed by atoms with Gasteiger partial charge >= 0.3 is 0 Å². The van der Waals surface area contributed by atoms with Crippen LogP contribution in [0.5, 0.6) is 0 Å². The van der Waals surface area contributed by atoms with E-state index in [4.69, 9.17) is 0 Å². The zero-order chi connectivity index (χ0) is 23.7. The minimum absolute atomic E-state index is 0.107. The zero-order valence-electron chi connectivity index (χ0n) is 19.0. The number of halogens is 3. The van der Waals surface area contributed by atoms with E-state index < -0.39 is 23.8 Å². The van der Waals surface area contributed by atoms with Crippen LogP contribution in [0.4, 0.5) is 18.9 Å². The molecule has 7 heteroatoms. The van der Waals surface area contributed by atoms with Gasteiger partial charge in [0.15, 0.2) is 0 Å². The zero-order valence-corrected chi connectivity index (χ0v) is 19.0. The van der Waals surface area contributed by atoms with Gasteiger partial charge in [0.1, 0.15) is 5.82 Å². The van der Waals surface area contributed by atoms with Gasteiger partial charge in [-0.3, -0.25) is 9.78 Å². The Hall–Kier alpha value is -3.09. The summed E-state index contributed by atoms with van der Waals surface area (Å²) in [5.41, 5.74) is 3.20. The SMILES string of the molecule is CC(=O)N1CCC(c2ccc3nc(C)cc(N[C@H](C)c4cccc(C(F)F)c4F)c3c2)CC1. The highest BCUT2D eigenvalue weighted by Crippen LogP contribution is 2.34. The Morgan fingerprint density at radius 1 is 1.12 bits per heavy atom. The first-order valence-corrected chi connectivity index (χ1v) is 11.2. The van der Waals surface area contributed by atoms with Crippen LogP contribution in [0.3, 0.4) is 0 Å². The van der Waals surface area contributed by atoms with Crippen LogP contribution in [-0.4, -0.2) is 28.9 Å². The predicted octanol–water partition coefficient (Wildman–Crippen LogP) is 6.52. The second-order valence-electron chi connectivity index (χ2n) is 8.79. The van der Waals surface area contributed by atoms with Gasteiger partial charge in [-0.05, 0) is 56.4 Å². The van der Waals surface area contributed by atoms with Crippen LogP contribution in [0.25, 0.3) is 10.9 Å². The van der Waals surface area contributed by atoms with Gasteiger partial charge in [-0.25, -0.2) is 13.2 Å². The van der Waals surface area contributed by atoms with E-state index in [-0.39, 0.29) is 11.5 Å². The number of hydrogen-bond donors (Lipinski definition) is 1. The molecule has 0 aliphatic carbocycles. The highest BCUT2D eigenvalue weighted by atomic mass is 19.3. The van der Waals surface area contributed by atoms with Gasteiger partial charge in [-0.1, -0.05) is 24.3 Å². The summed E-state index contributed by atoms with van der Waals surface area (Å²) in [6.07, 6.45) is -1.07. The van der Waals surface area contributed by atoms with Gasteiger partial charge in [0, 0.05) is 42.3 Å². The van der Waals surface area contributed by atoms with Gasteiger partial charge in [-0.15, -0.1) is 0 Å². The third kappa shape index (κ3) is 4.82. The maximum absolute atomic E-state index is 14.7. The topological polar surface area (TPSA) is 45.2 Å². The quantitative estimate of drug-likeness (QED) is 0.476. The molecule has 1 atom stereocenters. The fourth-order valence-corrected chi connectivity index (χ4v) is 4.66. The molecule has 0 unspecified atom stereocenters. The first-order valence-electron chi connectivity index (χ1n) is 11.2. The first kappa shape index (κ1) is 23.1. The number of benzene rings is 2. The lowest BCUT2D eigenvalue weighted by atomic mass is 9.88. The lowest BCUT2D eigenvalue weighted by molar-refractivity contribution is -0.129. The minimum atomic E-state index is -2.86. The van der Waals surface area contributed by atoms with E-state index in [1.807, 2.05) is 24.0 Å². The minimum Gasteiger partial charge on any atom is -0.378 e. The summed E-state index contributed by atoms with van der Waals surface area (Å²) in [6, 6.07) is 11.7. The normalized spacial score (nSPS) is 15.8. The van der Waals surface area contributed by atoms with Crippen LogP contribution in [-0.2, 0) is 4.79 Å². The maximum atomic E-state index is 14.7. The molecular weight excluding hydrogens is 427 g/mol. The number of carbonyl (C=O) groups excluding carboxylic acids is 1. The number of nitrogens with zero attached hydrogens (tertiary/aromatic N) is 2. The number of piperidine rings is 1. The summed E-state index contributed by atoms with van der Waals surface area (Å²) in [5, 5.41) is 4.23. The van der Waals surface area contributed by atoms with E-state index in [1.54, 1.807) is 13.8 Å². The van der Waals surface area contributed by atoms with E-state index >= 15 is 0 Å². The molecule has 33 heavy (non-hydrogen) atoms. The third-order valence-electron chi connectivity index (χ3n) is 6.50. The van der Waals surface area contributed by atoms with Gasteiger partial charge < -0.3 is 10.2 Å². The number of rotatable bonds is 5. The molecule has 174 valence electrons. The number of aromatic nitrogens is 1. The first-order chi connectivity index (χ1) is 15.7. The highest BCUT2D eigenvalue weighted by Gasteiger charge is 2.23. The van der Waals surface area contributed by atoms with E-state index in [9.17, 15) is 18.0 Å². The molecule has 1 aliphatic heterocycles. The van der Waals surface area contributed by atoms with Crippen LogP contribution >= 0.6 is 0 Å². The molecule has 4 rings (SSSR count). The number of anilines is 1. The molecule has 3 aromatic rings. The Morgan fingerprint density at radius 3 is 2.48 bits per heavy atom. The van der Waals surface area contributed by atoms with Crippen molar-refractivity contribution in [2.45, 2.75) is 52.0 Å². The number of hydrogen-bond acceptors (Lipinski definition) is 3. The van der Waals surface area contributed by atoms with Crippen molar-refractivity contribution in [3.8, 4) is 0 Å². The van der Waals surface area contributed by atoms with Crippen LogP contribution in [0.2, 0.25) is 0 Å². The van der Waals surface area contributed by atoms with Crippen molar-refractivity contribution in [2.24, 2.45) is 0 Å². The molecule has 4 nitrogen and oxygen atoms in total. The van der Waals surface area contributed by atoms with E-state index in [0.717, 1.165) is 54.3 Å². The highest BCUT2D eigenvalue weighted by molar-refractivity contribution is 5.92. The standard InChI is InChI=1S/C26H28F3N3O/c1-15-13-24(31-16(2)20-5-4-6-21(25(20)27)26(28)29)22-14-19(7-8-23(22)30-15)18-9-11-32(12-10-18)17(3)33/h4-8,13-14,16,18,26H,9-12H2,1-3H3,(H,30,31)/t16-/m1/s1. The summed E-state index contributed by atoms with van der Waals surface area (Å²) < 4.78 is 41.0. The lowest BCUT2D eigenvalue weighted by Crippen LogP contribution is -2.36. The van der Waals surface area contributed by atoms with Crippen molar-refractivity contribution in [3.63, 3.8) is 0 Å². The number of carbonyl (C=O) groups is 1. The van der Waals surface area contributed by atoms with Crippen LogP contribution < -0.4 is 5.32 Å². The molecule has 1 saturated heterocycles. The molecule has 1 aromatic heterocycles. The van der Waals surface area contributed by atoms with E-state index in [0.29, 0.717) is 5.92 Å². The smallest absolute Gasteiger partial charge is 0.266 e. The monoisotopic (exact) mass is 455 g/mol. The lowest BCUT2D eigenvalue weighted by Gasteiger charge is -2.31. The van der Waals surface area contributed by atoms with Crippen molar-refractivity contribution in [1.82, 2.24) is 9.88 Å². The van der Waals surface area contributed by atoms with Crippen molar-refractivity contribution < 1.29 is 18.0 Å². The molecule has 1 N–H and O–H groups in total. The van der Waals surface area contributed by atoms with Crippen LogP contribution in [0.1, 0.15) is 67.5 Å².